The summed E-state index contributed by atoms with van der Waals surface area (Å²) in [4.78, 5) is 15.8. The van der Waals surface area contributed by atoms with Gasteiger partial charge in [-0.25, -0.2) is 15.0 Å². The van der Waals surface area contributed by atoms with Gasteiger partial charge in [-0.3, -0.25) is 0 Å². The molecule has 4 nitrogen and oxygen atoms in total. The molecular formula is C57H36N4S. The second-order valence-corrected chi connectivity index (χ2v) is 16.7. The number of thiophene rings is 1. The van der Waals surface area contributed by atoms with Gasteiger partial charge in [0.2, 0.25) is 0 Å². The van der Waals surface area contributed by atoms with Crippen LogP contribution < -0.4 is 0 Å². The fourth-order valence-electron chi connectivity index (χ4n) is 8.86. The first-order valence-corrected chi connectivity index (χ1v) is 21.7. The summed E-state index contributed by atoms with van der Waals surface area (Å²) in [6, 6.07) is 77.6. The summed E-state index contributed by atoms with van der Waals surface area (Å²) in [7, 11) is 0. The van der Waals surface area contributed by atoms with Crippen molar-refractivity contribution in [2.45, 2.75) is 0 Å². The summed E-state index contributed by atoms with van der Waals surface area (Å²) < 4.78 is 4.96. The summed E-state index contributed by atoms with van der Waals surface area (Å²) >= 11 is 1.84. The van der Waals surface area contributed by atoms with E-state index in [0.717, 1.165) is 55.7 Å². The minimum absolute atomic E-state index is 0.604. The van der Waals surface area contributed by atoms with E-state index in [0.29, 0.717) is 17.5 Å². The van der Waals surface area contributed by atoms with Crippen LogP contribution >= 0.6 is 11.3 Å². The molecule has 0 spiro atoms. The molecule has 0 amide bonds. The molecule has 0 atom stereocenters. The molecule has 0 saturated heterocycles. The van der Waals surface area contributed by atoms with E-state index in [1.165, 1.54) is 42.1 Å². The van der Waals surface area contributed by atoms with Crippen molar-refractivity contribution >= 4 is 53.3 Å². The zero-order valence-corrected chi connectivity index (χ0v) is 34.3. The molecule has 290 valence electrons. The molecule has 0 saturated carbocycles. The van der Waals surface area contributed by atoms with Gasteiger partial charge in [0.1, 0.15) is 0 Å². The molecule has 0 radical (unpaired) electrons. The first-order chi connectivity index (χ1) is 30.7. The number of benzene rings is 9. The highest BCUT2D eigenvalue weighted by Gasteiger charge is 2.21. The van der Waals surface area contributed by atoms with Gasteiger partial charge in [-0.05, 0) is 88.0 Å². The van der Waals surface area contributed by atoms with Gasteiger partial charge in [0.05, 0.1) is 16.7 Å². The standard InChI is InChI=1S/C57H36N4S/c1-3-15-37(16-4-1)39-19-13-20-40(33-39)43-29-31-48(52(36-43)61-50-26-10-7-23-45(50)46-24-8-11-27-51(46)61)57-59-55(38-17-5-2-6-18-38)58-56(60-57)44-22-14-21-41(34-44)42-30-32-54-49(35-42)47-25-9-12-28-53(47)62-54/h1-36H. The van der Waals surface area contributed by atoms with Gasteiger partial charge in [-0.15, -0.1) is 11.3 Å². The Balaban J connectivity index is 1.07. The molecule has 0 fully saturated rings. The first kappa shape index (κ1) is 35.9. The Morgan fingerprint density at radius 3 is 1.47 bits per heavy atom. The topological polar surface area (TPSA) is 43.6 Å². The molecule has 5 heteroatoms. The molecule has 0 aliphatic heterocycles. The van der Waals surface area contributed by atoms with E-state index < -0.39 is 0 Å². The third-order valence-corrected chi connectivity index (χ3v) is 13.0. The Labute approximate surface area is 362 Å². The highest BCUT2D eigenvalue weighted by Crippen LogP contribution is 2.40. The first-order valence-electron chi connectivity index (χ1n) is 20.8. The quantitative estimate of drug-likeness (QED) is 0.161. The Bertz CT molecular complexity index is 3590. The molecule has 0 unspecified atom stereocenters. The van der Waals surface area contributed by atoms with Gasteiger partial charge in [0, 0.05) is 47.6 Å². The zero-order valence-electron chi connectivity index (χ0n) is 33.5. The number of hydrogen-bond acceptors (Lipinski definition) is 4. The summed E-state index contributed by atoms with van der Waals surface area (Å²) in [6.45, 7) is 0. The van der Waals surface area contributed by atoms with Gasteiger partial charge < -0.3 is 4.57 Å². The SMILES string of the molecule is c1ccc(-c2cccc(-c3ccc(-c4nc(-c5ccccc5)nc(-c5cccc(-c6ccc7sc8ccccc8c7c6)c5)n4)c(-n4c5ccccc5c5ccccc54)c3)c2)cc1. The van der Waals surface area contributed by atoms with Crippen molar-refractivity contribution in [3.63, 3.8) is 0 Å². The predicted molar refractivity (Wildman–Crippen MR) is 260 cm³/mol. The van der Waals surface area contributed by atoms with E-state index in [4.69, 9.17) is 15.0 Å². The van der Waals surface area contributed by atoms with E-state index in [-0.39, 0.29) is 0 Å². The Hall–Kier alpha value is -7.99. The van der Waals surface area contributed by atoms with Crippen molar-refractivity contribution in [3.05, 3.63) is 218 Å². The van der Waals surface area contributed by atoms with Crippen LogP contribution in [-0.2, 0) is 0 Å². The molecule has 3 aromatic heterocycles. The predicted octanol–water partition coefficient (Wildman–Crippen LogP) is 15.3. The van der Waals surface area contributed by atoms with Crippen molar-refractivity contribution in [1.29, 1.82) is 0 Å². The molecule has 0 aliphatic carbocycles. The van der Waals surface area contributed by atoms with Crippen LogP contribution in [0.1, 0.15) is 0 Å². The molecular weight excluding hydrogens is 773 g/mol. The van der Waals surface area contributed by atoms with E-state index in [1.54, 1.807) is 0 Å². The molecule has 9 aromatic carbocycles. The lowest BCUT2D eigenvalue weighted by Crippen LogP contribution is -2.04. The maximum atomic E-state index is 5.37. The second-order valence-electron chi connectivity index (χ2n) is 15.6. The third-order valence-electron chi connectivity index (χ3n) is 11.9. The Kier molecular flexibility index (Phi) is 8.65. The summed E-state index contributed by atoms with van der Waals surface area (Å²) in [5.74, 6) is 1.84. The van der Waals surface area contributed by atoms with E-state index in [2.05, 4.69) is 205 Å². The molecule has 62 heavy (non-hydrogen) atoms. The van der Waals surface area contributed by atoms with Gasteiger partial charge in [-0.2, -0.15) is 0 Å². The lowest BCUT2D eigenvalue weighted by molar-refractivity contribution is 1.06. The van der Waals surface area contributed by atoms with Crippen molar-refractivity contribution in [2.24, 2.45) is 0 Å². The Morgan fingerprint density at radius 1 is 0.290 bits per heavy atom. The highest BCUT2D eigenvalue weighted by molar-refractivity contribution is 7.25. The second kappa shape index (κ2) is 14.9. The highest BCUT2D eigenvalue weighted by atomic mass is 32.1. The minimum Gasteiger partial charge on any atom is -0.308 e. The largest absolute Gasteiger partial charge is 0.308 e. The van der Waals surface area contributed by atoms with Gasteiger partial charge >= 0.3 is 0 Å². The number of fused-ring (bicyclic) bond motifs is 6. The van der Waals surface area contributed by atoms with Crippen LogP contribution in [0.3, 0.4) is 0 Å². The minimum atomic E-state index is 0.604. The number of hydrogen-bond donors (Lipinski definition) is 0. The molecule has 12 aromatic rings. The average Bonchev–Trinajstić information content (AvgIpc) is 3.90. The lowest BCUT2D eigenvalue weighted by Gasteiger charge is -2.17. The lowest BCUT2D eigenvalue weighted by atomic mass is 9.97. The van der Waals surface area contributed by atoms with Crippen LogP contribution in [0.2, 0.25) is 0 Å². The normalized spacial score (nSPS) is 11.5. The smallest absolute Gasteiger partial charge is 0.166 e. The van der Waals surface area contributed by atoms with Gasteiger partial charge in [0.15, 0.2) is 17.5 Å². The van der Waals surface area contributed by atoms with Crippen molar-refractivity contribution in [2.75, 3.05) is 0 Å². The molecule has 0 bridgehead atoms. The number of nitrogens with zero attached hydrogens (tertiary/aromatic N) is 4. The van der Waals surface area contributed by atoms with Gasteiger partial charge in [-0.1, -0.05) is 164 Å². The van der Waals surface area contributed by atoms with E-state index in [1.807, 2.05) is 29.5 Å². The van der Waals surface area contributed by atoms with Crippen LogP contribution in [0.15, 0.2) is 218 Å². The van der Waals surface area contributed by atoms with Crippen molar-refractivity contribution in [1.82, 2.24) is 19.5 Å². The Morgan fingerprint density at radius 2 is 0.758 bits per heavy atom. The van der Waals surface area contributed by atoms with Gasteiger partial charge in [0.25, 0.3) is 0 Å². The number of rotatable bonds is 7. The third kappa shape index (κ3) is 6.26. The maximum absolute atomic E-state index is 5.37. The summed E-state index contributed by atoms with van der Waals surface area (Å²) in [5.41, 5.74) is 12.8. The number of aromatic nitrogens is 4. The average molecular weight is 809 g/mol. The van der Waals surface area contributed by atoms with Crippen LogP contribution in [0.25, 0.3) is 115 Å². The van der Waals surface area contributed by atoms with E-state index in [9.17, 15) is 0 Å². The van der Waals surface area contributed by atoms with Crippen LogP contribution in [-0.4, -0.2) is 19.5 Å². The van der Waals surface area contributed by atoms with Crippen molar-refractivity contribution in [3.8, 4) is 73.2 Å². The monoisotopic (exact) mass is 808 g/mol. The summed E-state index contributed by atoms with van der Waals surface area (Å²) in [6.07, 6.45) is 0. The fourth-order valence-corrected chi connectivity index (χ4v) is 9.95. The fraction of sp³-hybridized carbons (Fsp3) is 0. The van der Waals surface area contributed by atoms with Crippen LogP contribution in [0.4, 0.5) is 0 Å². The zero-order chi connectivity index (χ0) is 41.0. The van der Waals surface area contributed by atoms with Crippen molar-refractivity contribution < 1.29 is 0 Å². The molecule has 12 rings (SSSR count). The maximum Gasteiger partial charge on any atom is 0.166 e. The van der Waals surface area contributed by atoms with Crippen LogP contribution in [0, 0.1) is 0 Å². The molecule has 3 heterocycles. The summed E-state index contributed by atoms with van der Waals surface area (Å²) in [5, 5.41) is 4.94. The number of para-hydroxylation sites is 2. The molecule has 0 N–H and O–H groups in total. The van der Waals surface area contributed by atoms with Crippen LogP contribution in [0.5, 0.6) is 0 Å². The van der Waals surface area contributed by atoms with E-state index >= 15 is 0 Å². The molecule has 0 aliphatic rings.